The molecule has 0 aliphatic heterocycles. The van der Waals surface area contributed by atoms with E-state index < -0.39 is 10.0 Å². The molecule has 1 atom stereocenters. The van der Waals surface area contributed by atoms with Crippen molar-refractivity contribution in [2.24, 2.45) is 5.73 Å². The van der Waals surface area contributed by atoms with E-state index in [9.17, 15) is 8.42 Å². The first-order chi connectivity index (χ1) is 8.49. The summed E-state index contributed by atoms with van der Waals surface area (Å²) in [5.74, 6) is 0.0716. The van der Waals surface area contributed by atoms with Gasteiger partial charge in [0.1, 0.15) is 0 Å². The summed E-state index contributed by atoms with van der Waals surface area (Å²) < 4.78 is 25.9. The van der Waals surface area contributed by atoms with Crippen LogP contribution in [-0.4, -0.2) is 31.7 Å². The molecule has 0 fully saturated rings. The summed E-state index contributed by atoms with van der Waals surface area (Å²) >= 11 is 0. The van der Waals surface area contributed by atoms with Gasteiger partial charge in [-0.25, -0.2) is 13.1 Å². The Morgan fingerprint density at radius 1 is 1.44 bits per heavy atom. The largest absolute Gasteiger partial charge is 0.328 e. The molecule has 1 heterocycles. The lowest BCUT2D eigenvalue weighted by Gasteiger charge is -2.07. The van der Waals surface area contributed by atoms with Crippen LogP contribution >= 0.6 is 0 Å². The molecule has 0 spiro atoms. The number of pyridine rings is 1. The average Bonchev–Trinajstić information content (AvgIpc) is 2.34. The monoisotopic (exact) mass is 271 g/mol. The molecular weight excluding hydrogens is 250 g/mol. The van der Waals surface area contributed by atoms with Crippen molar-refractivity contribution in [2.75, 3.05) is 12.3 Å². The number of aromatic nitrogens is 1. The molecular formula is C12H21N3O2S. The van der Waals surface area contributed by atoms with Crippen molar-refractivity contribution in [3.8, 4) is 0 Å². The van der Waals surface area contributed by atoms with Gasteiger partial charge < -0.3 is 5.73 Å². The summed E-state index contributed by atoms with van der Waals surface area (Å²) in [6.45, 7) is 2.36. The number of nitrogens with one attached hydrogen (secondary N) is 1. The second-order valence-electron chi connectivity index (χ2n) is 4.40. The topological polar surface area (TPSA) is 85.1 Å². The maximum Gasteiger partial charge on any atom is 0.211 e. The summed E-state index contributed by atoms with van der Waals surface area (Å²) in [5.41, 5.74) is 6.38. The van der Waals surface area contributed by atoms with Gasteiger partial charge in [0.25, 0.3) is 0 Å². The van der Waals surface area contributed by atoms with Gasteiger partial charge in [0, 0.05) is 30.9 Å². The molecule has 0 bridgehead atoms. The van der Waals surface area contributed by atoms with E-state index in [1.54, 1.807) is 6.20 Å². The number of rotatable bonds is 8. The van der Waals surface area contributed by atoms with Crippen LogP contribution in [0.25, 0.3) is 0 Å². The average molecular weight is 271 g/mol. The first kappa shape index (κ1) is 15.1. The third-order valence-corrected chi connectivity index (χ3v) is 3.90. The Kier molecular flexibility index (Phi) is 6.24. The molecule has 1 aromatic heterocycles. The van der Waals surface area contributed by atoms with Crippen molar-refractivity contribution in [1.29, 1.82) is 0 Å². The van der Waals surface area contributed by atoms with Gasteiger partial charge in [0.05, 0.1) is 5.75 Å². The molecule has 0 amide bonds. The van der Waals surface area contributed by atoms with Crippen molar-refractivity contribution in [2.45, 2.75) is 32.2 Å². The normalized spacial score (nSPS) is 13.4. The second-order valence-corrected chi connectivity index (χ2v) is 6.33. The van der Waals surface area contributed by atoms with Crippen LogP contribution < -0.4 is 10.5 Å². The summed E-state index contributed by atoms with van der Waals surface area (Å²) in [6.07, 6.45) is 3.69. The van der Waals surface area contributed by atoms with Crippen LogP contribution in [-0.2, 0) is 16.4 Å². The summed E-state index contributed by atoms with van der Waals surface area (Å²) in [4.78, 5) is 4.09. The van der Waals surface area contributed by atoms with Crippen LogP contribution in [0.3, 0.4) is 0 Å². The van der Waals surface area contributed by atoms with Crippen molar-refractivity contribution < 1.29 is 8.42 Å². The molecule has 0 saturated heterocycles. The van der Waals surface area contributed by atoms with E-state index in [1.807, 2.05) is 25.1 Å². The van der Waals surface area contributed by atoms with Crippen molar-refractivity contribution in [3.05, 3.63) is 30.1 Å². The highest BCUT2D eigenvalue weighted by Gasteiger charge is 2.10. The van der Waals surface area contributed by atoms with E-state index in [0.717, 1.165) is 18.5 Å². The number of sulfonamides is 1. The summed E-state index contributed by atoms with van der Waals surface area (Å²) in [6, 6.07) is 5.60. The molecule has 0 radical (unpaired) electrons. The second kappa shape index (κ2) is 7.45. The molecule has 0 aliphatic rings. The van der Waals surface area contributed by atoms with Gasteiger partial charge in [0.2, 0.25) is 10.0 Å². The van der Waals surface area contributed by atoms with Crippen molar-refractivity contribution >= 4 is 10.0 Å². The zero-order valence-corrected chi connectivity index (χ0v) is 11.5. The fraction of sp³-hybridized carbons (Fsp3) is 0.583. The van der Waals surface area contributed by atoms with E-state index in [2.05, 4.69) is 9.71 Å². The fourth-order valence-corrected chi connectivity index (χ4v) is 2.59. The van der Waals surface area contributed by atoms with Crippen LogP contribution in [0, 0.1) is 0 Å². The maximum absolute atomic E-state index is 11.7. The predicted molar refractivity (Wildman–Crippen MR) is 72.6 cm³/mol. The quantitative estimate of drug-likeness (QED) is 0.681. The lowest BCUT2D eigenvalue weighted by molar-refractivity contribution is 0.567. The third-order valence-electron chi connectivity index (χ3n) is 2.51. The molecule has 3 N–H and O–H groups in total. The molecule has 0 aromatic carbocycles. The van der Waals surface area contributed by atoms with Gasteiger partial charge in [-0.1, -0.05) is 6.07 Å². The predicted octanol–water partition coefficient (Wildman–Crippen LogP) is 0.671. The number of hydrogen-bond donors (Lipinski definition) is 2. The molecule has 1 unspecified atom stereocenters. The lowest BCUT2D eigenvalue weighted by Crippen LogP contribution is -2.29. The highest BCUT2D eigenvalue weighted by Crippen LogP contribution is 1.98. The Labute approximate surface area is 109 Å². The van der Waals surface area contributed by atoms with Crippen LogP contribution in [0.1, 0.15) is 25.5 Å². The van der Waals surface area contributed by atoms with Gasteiger partial charge in [0.15, 0.2) is 0 Å². The SMILES string of the molecule is CC(N)CCCNS(=O)(=O)CCc1ccccn1. The molecule has 0 aliphatic carbocycles. The first-order valence-electron chi connectivity index (χ1n) is 6.12. The Morgan fingerprint density at radius 3 is 2.83 bits per heavy atom. The molecule has 1 rings (SSSR count). The molecule has 5 nitrogen and oxygen atoms in total. The van der Waals surface area contributed by atoms with Gasteiger partial charge in [-0.15, -0.1) is 0 Å². The van der Waals surface area contributed by atoms with E-state index in [-0.39, 0.29) is 11.8 Å². The smallest absolute Gasteiger partial charge is 0.211 e. The number of nitrogens with zero attached hydrogens (tertiary/aromatic N) is 1. The summed E-state index contributed by atoms with van der Waals surface area (Å²) in [5, 5.41) is 0. The molecule has 18 heavy (non-hydrogen) atoms. The van der Waals surface area contributed by atoms with E-state index >= 15 is 0 Å². The van der Waals surface area contributed by atoms with Crippen LogP contribution in [0.4, 0.5) is 0 Å². The Balaban J connectivity index is 2.28. The zero-order valence-electron chi connectivity index (χ0n) is 10.7. The molecule has 102 valence electrons. The number of hydrogen-bond acceptors (Lipinski definition) is 4. The van der Waals surface area contributed by atoms with Crippen LogP contribution in [0.2, 0.25) is 0 Å². The minimum absolute atomic E-state index is 0.0716. The number of aryl methyl sites for hydroxylation is 1. The van der Waals surface area contributed by atoms with E-state index in [1.165, 1.54) is 0 Å². The minimum Gasteiger partial charge on any atom is -0.328 e. The zero-order chi connectivity index (χ0) is 13.4. The first-order valence-corrected chi connectivity index (χ1v) is 7.77. The third kappa shape index (κ3) is 6.68. The van der Waals surface area contributed by atoms with Crippen molar-refractivity contribution in [3.63, 3.8) is 0 Å². The summed E-state index contributed by atoms with van der Waals surface area (Å²) in [7, 11) is -3.21. The highest BCUT2D eigenvalue weighted by molar-refractivity contribution is 7.89. The maximum atomic E-state index is 11.7. The molecule has 1 aromatic rings. The Hall–Kier alpha value is -0.980. The fourth-order valence-electron chi connectivity index (χ4n) is 1.51. The van der Waals surface area contributed by atoms with E-state index in [4.69, 9.17) is 5.73 Å². The van der Waals surface area contributed by atoms with Crippen molar-refractivity contribution in [1.82, 2.24) is 9.71 Å². The standard InChI is InChI=1S/C12H21N3O2S/c1-11(13)5-4-9-15-18(16,17)10-7-12-6-2-3-8-14-12/h2-3,6,8,11,15H,4-5,7,9-10,13H2,1H3. The molecule has 0 saturated carbocycles. The Bertz CT molecular complexity index is 432. The van der Waals surface area contributed by atoms with Crippen LogP contribution in [0.5, 0.6) is 0 Å². The Morgan fingerprint density at radius 2 is 2.22 bits per heavy atom. The van der Waals surface area contributed by atoms with Gasteiger partial charge >= 0.3 is 0 Å². The van der Waals surface area contributed by atoms with Gasteiger partial charge in [-0.05, 0) is 31.9 Å². The minimum atomic E-state index is -3.21. The van der Waals surface area contributed by atoms with Gasteiger partial charge in [-0.3, -0.25) is 4.98 Å². The highest BCUT2D eigenvalue weighted by atomic mass is 32.2. The molecule has 6 heteroatoms. The lowest BCUT2D eigenvalue weighted by atomic mass is 10.2. The van der Waals surface area contributed by atoms with E-state index in [0.29, 0.717) is 13.0 Å². The number of nitrogens with two attached hydrogens (primary N) is 1. The van der Waals surface area contributed by atoms with Gasteiger partial charge in [-0.2, -0.15) is 0 Å². The van der Waals surface area contributed by atoms with Crippen LogP contribution in [0.15, 0.2) is 24.4 Å².